The molecule has 1 aliphatic rings. The van der Waals surface area contributed by atoms with E-state index >= 15 is 0 Å². The Labute approximate surface area is 221 Å². The molecule has 0 N–H and O–H groups in total. The molecule has 0 bridgehead atoms. The van der Waals surface area contributed by atoms with Gasteiger partial charge in [-0.25, -0.2) is 0 Å². The van der Waals surface area contributed by atoms with Crippen LogP contribution in [0.5, 0.6) is 0 Å². The zero-order valence-electron chi connectivity index (χ0n) is 23.1. The van der Waals surface area contributed by atoms with E-state index in [1.165, 1.54) is 21.3 Å². The predicted molar refractivity (Wildman–Crippen MR) is 137 cm³/mol. The van der Waals surface area contributed by atoms with E-state index in [1.807, 2.05) is 0 Å². The number of hydrogen-bond acceptors (Lipinski definition) is 12. The number of carbonyl (C=O) groups is 4. The molecule has 0 unspecified atom stereocenters. The van der Waals surface area contributed by atoms with E-state index in [9.17, 15) is 19.2 Å². The topological polar surface area (TPSA) is 118 Å². The number of esters is 4. The molecular weight excluding hydrogens is 484 g/mol. The number of ether oxygens (including phenoxy) is 4. The Balaban J connectivity index is 2.44. The van der Waals surface area contributed by atoms with Gasteiger partial charge in [0.25, 0.3) is 0 Å². The van der Waals surface area contributed by atoms with Crippen molar-refractivity contribution in [3.8, 4) is 0 Å². The fraction of sp³-hybridized carbons (Fsp3) is 0.840. The fourth-order valence-electron chi connectivity index (χ4n) is 4.01. The standard InChI is InChI=1S/C25H46N4O8/c1-5-37-25(33)9-13-27(12-8-24(32)36-4)15-17-29-20-18-28(19-21-29)16-14-26(10-6-22(30)34-2)11-7-23(31)35-3/h5-21H2,1-4H3. The van der Waals surface area contributed by atoms with Crippen molar-refractivity contribution in [3.05, 3.63) is 0 Å². The van der Waals surface area contributed by atoms with Gasteiger partial charge in [-0.1, -0.05) is 0 Å². The third-order valence-electron chi connectivity index (χ3n) is 6.45. The first kappa shape index (κ1) is 32.7. The summed E-state index contributed by atoms with van der Waals surface area (Å²) in [5.41, 5.74) is 0. The Hall–Kier alpha value is -2.28. The average molecular weight is 531 g/mol. The molecule has 12 nitrogen and oxygen atoms in total. The zero-order valence-corrected chi connectivity index (χ0v) is 23.1. The first-order valence-corrected chi connectivity index (χ1v) is 13.1. The minimum Gasteiger partial charge on any atom is -0.469 e. The summed E-state index contributed by atoms with van der Waals surface area (Å²) in [5.74, 6) is -1.02. The average Bonchev–Trinajstić information content (AvgIpc) is 2.92. The molecule has 1 heterocycles. The minimum atomic E-state index is -0.264. The van der Waals surface area contributed by atoms with Gasteiger partial charge in [-0.05, 0) is 6.92 Å². The van der Waals surface area contributed by atoms with Gasteiger partial charge in [-0.15, -0.1) is 0 Å². The number of nitrogens with zero attached hydrogens (tertiary/aromatic N) is 4. The summed E-state index contributed by atoms with van der Waals surface area (Å²) in [6, 6.07) is 0. The number of hydrogen-bond donors (Lipinski definition) is 0. The molecule has 1 fully saturated rings. The SMILES string of the molecule is CCOC(=O)CCN(CCC(=O)OC)CCN1CCN(CCN(CCC(=O)OC)CCC(=O)OC)CC1. The third-order valence-corrected chi connectivity index (χ3v) is 6.45. The van der Waals surface area contributed by atoms with E-state index < -0.39 is 0 Å². The number of piperazine rings is 1. The van der Waals surface area contributed by atoms with Crippen molar-refractivity contribution in [2.75, 3.05) is 106 Å². The minimum absolute atomic E-state index is 0.230. The van der Waals surface area contributed by atoms with Gasteiger partial charge in [-0.3, -0.25) is 29.0 Å². The van der Waals surface area contributed by atoms with Crippen LogP contribution in [0.15, 0.2) is 0 Å². The van der Waals surface area contributed by atoms with Crippen LogP contribution in [0.1, 0.15) is 32.6 Å². The lowest BCUT2D eigenvalue weighted by atomic mass is 10.2. The third kappa shape index (κ3) is 15.5. The lowest BCUT2D eigenvalue weighted by Crippen LogP contribution is -2.50. The van der Waals surface area contributed by atoms with Crippen LogP contribution < -0.4 is 0 Å². The molecule has 1 aliphatic heterocycles. The largest absolute Gasteiger partial charge is 0.469 e. The van der Waals surface area contributed by atoms with E-state index in [2.05, 4.69) is 19.6 Å². The van der Waals surface area contributed by atoms with Crippen molar-refractivity contribution in [3.63, 3.8) is 0 Å². The fourth-order valence-corrected chi connectivity index (χ4v) is 4.01. The van der Waals surface area contributed by atoms with Crippen LogP contribution in [0, 0.1) is 0 Å². The van der Waals surface area contributed by atoms with Gasteiger partial charge in [0.2, 0.25) is 0 Å². The maximum Gasteiger partial charge on any atom is 0.307 e. The van der Waals surface area contributed by atoms with E-state index in [0.29, 0.717) is 39.2 Å². The molecule has 0 aliphatic carbocycles. The Kier molecular flexibility index (Phi) is 17.5. The summed E-state index contributed by atoms with van der Waals surface area (Å²) in [5, 5.41) is 0. The highest BCUT2D eigenvalue weighted by Gasteiger charge is 2.20. The quantitative estimate of drug-likeness (QED) is 0.163. The first-order chi connectivity index (χ1) is 17.8. The van der Waals surface area contributed by atoms with E-state index in [1.54, 1.807) is 6.92 Å². The second kappa shape index (κ2) is 19.8. The van der Waals surface area contributed by atoms with Crippen molar-refractivity contribution in [1.82, 2.24) is 19.6 Å². The Morgan fingerprint density at radius 2 is 0.892 bits per heavy atom. The Morgan fingerprint density at radius 3 is 1.19 bits per heavy atom. The normalized spacial score (nSPS) is 14.5. The Morgan fingerprint density at radius 1 is 0.568 bits per heavy atom. The zero-order chi connectivity index (χ0) is 27.5. The monoisotopic (exact) mass is 530 g/mol. The summed E-state index contributed by atoms with van der Waals surface area (Å²) in [6.07, 6.45) is 1.16. The maximum absolute atomic E-state index is 11.8. The van der Waals surface area contributed by atoms with Crippen LogP contribution in [-0.4, -0.2) is 150 Å². The van der Waals surface area contributed by atoms with Gasteiger partial charge < -0.3 is 28.7 Å². The highest BCUT2D eigenvalue weighted by molar-refractivity contribution is 5.70. The van der Waals surface area contributed by atoms with Gasteiger partial charge in [-0.2, -0.15) is 0 Å². The van der Waals surface area contributed by atoms with Crippen LogP contribution in [0.4, 0.5) is 0 Å². The second-order valence-corrected chi connectivity index (χ2v) is 8.90. The number of rotatable bonds is 19. The Bertz CT molecular complexity index is 666. The molecule has 0 saturated carbocycles. The van der Waals surface area contributed by atoms with Crippen LogP contribution in [-0.2, 0) is 38.1 Å². The summed E-state index contributed by atoms with van der Waals surface area (Å²) in [6.45, 7) is 11.2. The molecule has 0 aromatic heterocycles. The van der Waals surface area contributed by atoms with Crippen LogP contribution >= 0.6 is 0 Å². The van der Waals surface area contributed by atoms with Crippen LogP contribution in [0.3, 0.4) is 0 Å². The van der Waals surface area contributed by atoms with Crippen LogP contribution in [0.2, 0.25) is 0 Å². The molecule has 0 aromatic carbocycles. The van der Waals surface area contributed by atoms with Crippen molar-refractivity contribution in [1.29, 1.82) is 0 Å². The molecule has 1 rings (SSSR count). The smallest absolute Gasteiger partial charge is 0.307 e. The predicted octanol–water partition coefficient (Wildman–Crippen LogP) is -0.149. The van der Waals surface area contributed by atoms with Crippen molar-refractivity contribution in [2.45, 2.75) is 32.6 Å². The summed E-state index contributed by atoms with van der Waals surface area (Å²) in [7, 11) is 4.13. The highest BCUT2D eigenvalue weighted by atomic mass is 16.5. The summed E-state index contributed by atoms with van der Waals surface area (Å²) < 4.78 is 19.3. The first-order valence-electron chi connectivity index (χ1n) is 13.1. The van der Waals surface area contributed by atoms with Gasteiger partial charge in [0.15, 0.2) is 0 Å². The van der Waals surface area contributed by atoms with E-state index in [-0.39, 0.29) is 43.1 Å². The van der Waals surface area contributed by atoms with E-state index in [4.69, 9.17) is 18.9 Å². The van der Waals surface area contributed by atoms with Crippen molar-refractivity contribution in [2.24, 2.45) is 0 Å². The molecule has 0 radical (unpaired) electrons. The van der Waals surface area contributed by atoms with E-state index in [0.717, 1.165) is 52.4 Å². The maximum atomic E-state index is 11.8. The molecule has 0 amide bonds. The molecule has 1 saturated heterocycles. The van der Waals surface area contributed by atoms with Gasteiger partial charge in [0, 0.05) is 78.5 Å². The summed E-state index contributed by atoms with van der Waals surface area (Å²) >= 11 is 0. The molecule has 0 aromatic rings. The second-order valence-electron chi connectivity index (χ2n) is 8.90. The molecule has 214 valence electrons. The number of carbonyl (C=O) groups excluding carboxylic acids is 4. The lowest BCUT2D eigenvalue weighted by Gasteiger charge is -2.36. The number of methoxy groups -OCH3 is 3. The van der Waals surface area contributed by atoms with Crippen molar-refractivity contribution >= 4 is 23.9 Å². The van der Waals surface area contributed by atoms with Gasteiger partial charge in [0.1, 0.15) is 0 Å². The molecule has 0 atom stereocenters. The highest BCUT2D eigenvalue weighted by Crippen LogP contribution is 2.05. The molecular formula is C25H46N4O8. The van der Waals surface area contributed by atoms with Crippen molar-refractivity contribution < 1.29 is 38.1 Å². The lowest BCUT2D eigenvalue weighted by molar-refractivity contribution is -0.144. The molecule has 0 spiro atoms. The van der Waals surface area contributed by atoms with Crippen LogP contribution in [0.25, 0.3) is 0 Å². The van der Waals surface area contributed by atoms with Gasteiger partial charge in [0.05, 0.1) is 53.6 Å². The van der Waals surface area contributed by atoms with Gasteiger partial charge >= 0.3 is 23.9 Å². The molecule has 12 heteroatoms. The molecule has 37 heavy (non-hydrogen) atoms. The summed E-state index contributed by atoms with van der Waals surface area (Å²) in [4.78, 5) is 55.4.